The molecule has 0 rings (SSSR count). The van der Waals surface area contributed by atoms with E-state index in [9.17, 15) is 0 Å². The van der Waals surface area contributed by atoms with Crippen molar-refractivity contribution in [3.8, 4) is 0 Å². The van der Waals surface area contributed by atoms with E-state index in [4.69, 9.17) is 0 Å². The third kappa shape index (κ3) is 4.21. The summed E-state index contributed by atoms with van der Waals surface area (Å²) in [5, 5.41) is 0. The van der Waals surface area contributed by atoms with Gasteiger partial charge in [-0.05, 0) is 0 Å². The molecule has 0 saturated heterocycles. The maximum absolute atomic E-state index is 4.33. The predicted octanol–water partition coefficient (Wildman–Crippen LogP) is 5.22. The van der Waals surface area contributed by atoms with Gasteiger partial charge in [0.25, 0.3) is 0 Å². The van der Waals surface area contributed by atoms with Crippen LogP contribution in [0.15, 0.2) is 12.2 Å². The summed E-state index contributed by atoms with van der Waals surface area (Å²) >= 11 is 0. The SMILES string of the molecule is C=C(CP(C)(CC)(CCC)CCC)C(C)C. The van der Waals surface area contributed by atoms with Crippen LogP contribution in [-0.2, 0) is 0 Å². The first-order chi connectivity index (χ1) is 7.31. The molecule has 0 nitrogen and oxygen atoms in total. The van der Waals surface area contributed by atoms with Crippen LogP contribution in [0.25, 0.3) is 0 Å². The topological polar surface area (TPSA) is 0 Å². The van der Waals surface area contributed by atoms with Crippen LogP contribution in [0.4, 0.5) is 0 Å². The van der Waals surface area contributed by atoms with Crippen molar-refractivity contribution in [1.29, 1.82) is 0 Å². The van der Waals surface area contributed by atoms with E-state index in [-0.39, 0.29) is 0 Å². The van der Waals surface area contributed by atoms with Gasteiger partial charge in [-0.1, -0.05) is 0 Å². The Kier molecular flexibility index (Phi) is 6.26. The Morgan fingerprint density at radius 3 is 1.75 bits per heavy atom. The normalized spacial score (nSPS) is 14.8. The molecular weight excluding hydrogens is 211 g/mol. The molecule has 0 saturated carbocycles. The van der Waals surface area contributed by atoms with Crippen molar-refractivity contribution in [2.24, 2.45) is 5.92 Å². The molecule has 16 heavy (non-hydrogen) atoms. The Bertz CT molecular complexity index is 222. The molecule has 0 aromatic rings. The number of rotatable bonds is 8. The first-order valence-electron chi connectivity index (χ1n) is 6.98. The Labute approximate surface area is 104 Å². The summed E-state index contributed by atoms with van der Waals surface area (Å²) in [6.07, 6.45) is 8.34. The average Bonchev–Trinajstić information content (AvgIpc) is 2.18. The van der Waals surface area contributed by atoms with Crippen molar-refractivity contribution in [2.45, 2.75) is 47.5 Å². The third-order valence-corrected chi connectivity index (χ3v) is 11.4. The van der Waals surface area contributed by atoms with Gasteiger partial charge in [-0.15, -0.1) is 0 Å². The number of allylic oxidation sites excluding steroid dienone is 1. The molecule has 0 aliphatic rings. The van der Waals surface area contributed by atoms with Gasteiger partial charge < -0.3 is 0 Å². The Morgan fingerprint density at radius 2 is 1.50 bits per heavy atom. The van der Waals surface area contributed by atoms with E-state index in [1.165, 1.54) is 43.1 Å². The van der Waals surface area contributed by atoms with Crippen LogP contribution in [0.2, 0.25) is 0 Å². The molecule has 0 aliphatic heterocycles. The van der Waals surface area contributed by atoms with E-state index in [1.807, 2.05) is 0 Å². The Balaban J connectivity index is 4.96. The van der Waals surface area contributed by atoms with Crippen LogP contribution < -0.4 is 0 Å². The van der Waals surface area contributed by atoms with E-state index in [2.05, 4.69) is 47.9 Å². The van der Waals surface area contributed by atoms with Crippen LogP contribution in [-0.4, -0.2) is 31.3 Å². The van der Waals surface area contributed by atoms with E-state index in [0.29, 0.717) is 5.92 Å². The zero-order valence-electron chi connectivity index (χ0n) is 12.5. The van der Waals surface area contributed by atoms with E-state index < -0.39 is 6.60 Å². The molecule has 0 heterocycles. The molecule has 0 N–H and O–H groups in total. The number of hydrogen-bond donors (Lipinski definition) is 0. The molecule has 98 valence electrons. The van der Waals surface area contributed by atoms with Gasteiger partial charge in [-0.25, -0.2) is 0 Å². The summed E-state index contributed by atoms with van der Waals surface area (Å²) in [4.78, 5) is 0. The minimum atomic E-state index is -1.47. The first-order valence-corrected chi connectivity index (χ1v) is 10.4. The van der Waals surface area contributed by atoms with Gasteiger partial charge in [0, 0.05) is 0 Å². The molecule has 0 aromatic carbocycles. The molecule has 1 heteroatoms. The van der Waals surface area contributed by atoms with Crippen molar-refractivity contribution < 1.29 is 0 Å². The van der Waals surface area contributed by atoms with Crippen LogP contribution in [0.3, 0.4) is 0 Å². The summed E-state index contributed by atoms with van der Waals surface area (Å²) in [6, 6.07) is 0. The minimum absolute atomic E-state index is 0.654. The second kappa shape index (κ2) is 6.20. The van der Waals surface area contributed by atoms with Gasteiger partial charge in [0.05, 0.1) is 0 Å². The van der Waals surface area contributed by atoms with Crippen LogP contribution in [0.5, 0.6) is 0 Å². The quantitative estimate of drug-likeness (QED) is 0.405. The molecule has 0 atom stereocenters. The molecule has 0 spiro atoms. The molecule has 0 aromatic heterocycles. The molecule has 0 bridgehead atoms. The Morgan fingerprint density at radius 1 is 1.06 bits per heavy atom. The van der Waals surface area contributed by atoms with Crippen molar-refractivity contribution >= 4 is 6.60 Å². The van der Waals surface area contributed by atoms with Crippen molar-refractivity contribution in [3.63, 3.8) is 0 Å². The Hall–Kier alpha value is 0.170. The summed E-state index contributed by atoms with van der Waals surface area (Å²) in [5.41, 5.74) is 1.49. The van der Waals surface area contributed by atoms with E-state index in [1.54, 1.807) is 0 Å². The fourth-order valence-electron chi connectivity index (χ4n) is 2.91. The average molecular weight is 244 g/mol. The van der Waals surface area contributed by atoms with Crippen LogP contribution in [0.1, 0.15) is 47.5 Å². The monoisotopic (exact) mass is 244 g/mol. The predicted molar refractivity (Wildman–Crippen MR) is 82.5 cm³/mol. The van der Waals surface area contributed by atoms with Gasteiger partial charge in [0.2, 0.25) is 0 Å². The molecule has 0 unspecified atom stereocenters. The standard InChI is InChI=1S/C15H33P/c1-8-11-16(7,10-3,12-9-2)13-15(6)14(4)5/h14H,6,8-13H2,1-5,7H3. The molecule has 0 fully saturated rings. The van der Waals surface area contributed by atoms with Crippen molar-refractivity contribution in [3.05, 3.63) is 12.2 Å². The zero-order chi connectivity index (χ0) is 12.8. The summed E-state index contributed by atoms with van der Waals surface area (Å²) < 4.78 is 0. The van der Waals surface area contributed by atoms with Gasteiger partial charge >= 0.3 is 103 Å². The van der Waals surface area contributed by atoms with Gasteiger partial charge in [0.1, 0.15) is 0 Å². The third-order valence-electron chi connectivity index (χ3n) is 4.34. The van der Waals surface area contributed by atoms with E-state index >= 15 is 0 Å². The molecule has 0 amide bonds. The second-order valence-electron chi connectivity index (χ2n) is 6.34. The van der Waals surface area contributed by atoms with Crippen LogP contribution >= 0.6 is 6.60 Å². The first kappa shape index (κ1) is 16.2. The van der Waals surface area contributed by atoms with Gasteiger partial charge in [0.15, 0.2) is 0 Å². The fourth-order valence-corrected chi connectivity index (χ4v) is 8.73. The van der Waals surface area contributed by atoms with Gasteiger partial charge in [-0.3, -0.25) is 0 Å². The molecule has 0 radical (unpaired) electrons. The summed E-state index contributed by atoms with van der Waals surface area (Å²) in [5.74, 6) is 0.654. The van der Waals surface area contributed by atoms with Gasteiger partial charge in [-0.2, -0.15) is 0 Å². The van der Waals surface area contributed by atoms with Crippen molar-refractivity contribution in [1.82, 2.24) is 0 Å². The van der Waals surface area contributed by atoms with Crippen molar-refractivity contribution in [2.75, 3.05) is 31.3 Å². The zero-order valence-corrected chi connectivity index (χ0v) is 13.4. The summed E-state index contributed by atoms with van der Waals surface area (Å²) in [7, 11) is 0. The second-order valence-corrected chi connectivity index (χ2v) is 13.4. The van der Waals surface area contributed by atoms with E-state index in [0.717, 1.165) is 0 Å². The fraction of sp³-hybridized carbons (Fsp3) is 0.867. The maximum atomic E-state index is 4.33. The molecule has 0 aliphatic carbocycles. The molecular formula is C15H33P. The number of hydrogen-bond acceptors (Lipinski definition) is 0. The van der Waals surface area contributed by atoms with Crippen LogP contribution in [0, 0.1) is 5.92 Å². The summed E-state index contributed by atoms with van der Waals surface area (Å²) in [6.45, 7) is 17.2.